The van der Waals surface area contributed by atoms with Gasteiger partial charge >= 0.3 is 6.03 Å². The van der Waals surface area contributed by atoms with Crippen LogP contribution in [0.2, 0.25) is 5.02 Å². The quantitative estimate of drug-likeness (QED) is 0.825. The molecule has 1 aliphatic carbocycles. The lowest BCUT2D eigenvalue weighted by Crippen LogP contribution is -2.67. The molecule has 2 aromatic rings. The van der Waals surface area contributed by atoms with E-state index in [0.717, 1.165) is 42.6 Å². The largest absolute Gasteiger partial charge is 0.337 e. The van der Waals surface area contributed by atoms with E-state index in [4.69, 9.17) is 11.6 Å². The first-order valence-electron chi connectivity index (χ1n) is 9.57. The average Bonchev–Trinajstić information content (AvgIpc) is 2.62. The number of halogens is 1. The molecule has 1 saturated heterocycles. The molecule has 146 valence electrons. The summed E-state index contributed by atoms with van der Waals surface area (Å²) in [6.45, 7) is 4.05. The summed E-state index contributed by atoms with van der Waals surface area (Å²) >= 11 is 5.86. The zero-order chi connectivity index (χ0) is 19.7. The maximum atomic E-state index is 12.5. The van der Waals surface area contributed by atoms with E-state index >= 15 is 0 Å². The number of amides is 3. The van der Waals surface area contributed by atoms with Gasteiger partial charge < -0.3 is 15.5 Å². The number of nitrogens with one attached hydrogen (secondary N) is 2. The highest BCUT2D eigenvalue weighted by molar-refractivity contribution is 6.30. The summed E-state index contributed by atoms with van der Waals surface area (Å²) in [5.41, 5.74) is 3.10. The Morgan fingerprint density at radius 3 is 2.36 bits per heavy atom. The van der Waals surface area contributed by atoms with Gasteiger partial charge in [0.1, 0.15) is 0 Å². The van der Waals surface area contributed by atoms with E-state index in [2.05, 4.69) is 10.6 Å². The van der Waals surface area contributed by atoms with Gasteiger partial charge in [-0.25, -0.2) is 4.79 Å². The maximum absolute atomic E-state index is 12.5. The fourth-order valence-corrected chi connectivity index (χ4v) is 4.28. The van der Waals surface area contributed by atoms with E-state index < -0.39 is 0 Å². The molecule has 5 nitrogen and oxygen atoms in total. The van der Waals surface area contributed by atoms with Crippen molar-refractivity contribution < 1.29 is 9.59 Å². The third-order valence-corrected chi connectivity index (χ3v) is 5.95. The first-order chi connectivity index (χ1) is 13.4. The Morgan fingerprint density at radius 2 is 1.71 bits per heavy atom. The Morgan fingerprint density at radius 1 is 1.07 bits per heavy atom. The minimum absolute atomic E-state index is 0.0998. The molecule has 1 heterocycles. The Balaban J connectivity index is 1.18. The average molecular weight is 398 g/mol. The van der Waals surface area contributed by atoms with Crippen LogP contribution < -0.4 is 10.6 Å². The van der Waals surface area contributed by atoms with Crippen molar-refractivity contribution in [2.24, 2.45) is 5.41 Å². The molecule has 0 radical (unpaired) electrons. The van der Waals surface area contributed by atoms with E-state index in [1.807, 2.05) is 60.4 Å². The van der Waals surface area contributed by atoms with Crippen LogP contribution in [0.4, 0.5) is 4.79 Å². The lowest BCUT2D eigenvalue weighted by Gasteiger charge is -2.59. The lowest BCUT2D eigenvalue weighted by molar-refractivity contribution is -0.0585. The van der Waals surface area contributed by atoms with Crippen LogP contribution in [-0.4, -0.2) is 36.0 Å². The van der Waals surface area contributed by atoms with Crippen LogP contribution in [0.5, 0.6) is 0 Å². The molecule has 28 heavy (non-hydrogen) atoms. The van der Waals surface area contributed by atoms with Gasteiger partial charge in [-0.15, -0.1) is 0 Å². The number of rotatable bonds is 4. The molecule has 0 aromatic heterocycles. The van der Waals surface area contributed by atoms with Gasteiger partial charge in [-0.1, -0.05) is 41.4 Å². The molecule has 4 rings (SSSR count). The molecule has 1 spiro atoms. The van der Waals surface area contributed by atoms with Gasteiger partial charge in [-0.05, 0) is 49.6 Å². The number of hydrogen-bond acceptors (Lipinski definition) is 2. The van der Waals surface area contributed by atoms with Crippen molar-refractivity contribution in [1.82, 2.24) is 15.5 Å². The third-order valence-electron chi connectivity index (χ3n) is 5.70. The molecular weight excluding hydrogens is 374 g/mol. The summed E-state index contributed by atoms with van der Waals surface area (Å²) in [5, 5.41) is 6.58. The highest BCUT2D eigenvalue weighted by Gasteiger charge is 2.54. The van der Waals surface area contributed by atoms with Crippen LogP contribution in [0.25, 0.3) is 0 Å². The molecule has 1 aliphatic heterocycles. The van der Waals surface area contributed by atoms with Gasteiger partial charge in [0, 0.05) is 41.7 Å². The summed E-state index contributed by atoms with van der Waals surface area (Å²) in [7, 11) is 0. The van der Waals surface area contributed by atoms with Crippen LogP contribution in [0.15, 0.2) is 48.5 Å². The number of hydrogen-bond donors (Lipinski definition) is 2. The highest BCUT2D eigenvalue weighted by atomic mass is 35.5. The zero-order valence-electron chi connectivity index (χ0n) is 15.9. The van der Waals surface area contributed by atoms with Crippen LogP contribution in [-0.2, 0) is 6.54 Å². The van der Waals surface area contributed by atoms with E-state index in [-0.39, 0.29) is 23.4 Å². The van der Waals surface area contributed by atoms with E-state index in [9.17, 15) is 9.59 Å². The normalized spacial score (nSPS) is 17.6. The number of benzene rings is 2. The van der Waals surface area contributed by atoms with Crippen molar-refractivity contribution in [3.05, 3.63) is 70.2 Å². The minimum atomic E-state index is -0.151. The lowest BCUT2D eigenvalue weighted by atomic mass is 9.60. The van der Waals surface area contributed by atoms with E-state index in [1.54, 1.807) is 0 Å². The molecule has 2 aromatic carbocycles. The summed E-state index contributed by atoms with van der Waals surface area (Å²) in [5.74, 6) is 0.0998. The summed E-state index contributed by atoms with van der Waals surface area (Å²) in [6.07, 6.45) is 1.86. The summed E-state index contributed by atoms with van der Waals surface area (Å²) in [6, 6.07) is 15.2. The Kier molecular flexibility index (Phi) is 5.02. The topological polar surface area (TPSA) is 61.4 Å². The van der Waals surface area contributed by atoms with Crippen LogP contribution in [0.1, 0.15) is 34.3 Å². The molecule has 1 saturated carbocycles. The van der Waals surface area contributed by atoms with Crippen molar-refractivity contribution >= 4 is 23.5 Å². The number of carbonyl (C=O) groups is 2. The predicted octanol–water partition coefficient (Wildman–Crippen LogP) is 3.75. The van der Waals surface area contributed by atoms with E-state index in [1.165, 1.54) is 0 Å². The van der Waals surface area contributed by atoms with Gasteiger partial charge in [0.25, 0.3) is 5.91 Å². The smallest absolute Gasteiger partial charge is 0.315 e. The number of likely N-dealkylation sites (tertiary alicyclic amines) is 1. The second kappa shape index (κ2) is 7.47. The van der Waals surface area contributed by atoms with Crippen LogP contribution in [0, 0.1) is 12.3 Å². The zero-order valence-corrected chi connectivity index (χ0v) is 16.6. The van der Waals surface area contributed by atoms with Crippen molar-refractivity contribution in [2.45, 2.75) is 32.4 Å². The fraction of sp³-hybridized carbons (Fsp3) is 0.364. The number of nitrogens with zero attached hydrogens (tertiary/aromatic N) is 1. The van der Waals surface area contributed by atoms with Gasteiger partial charge in [-0.3, -0.25) is 4.79 Å². The van der Waals surface area contributed by atoms with Crippen molar-refractivity contribution in [3.63, 3.8) is 0 Å². The van der Waals surface area contributed by atoms with Crippen LogP contribution in [0.3, 0.4) is 0 Å². The van der Waals surface area contributed by atoms with Gasteiger partial charge in [0.15, 0.2) is 0 Å². The standard InChI is InChI=1S/C22H24ClN3O2/c1-15-2-6-17(7-3-15)20(27)26-13-22(14-26)10-19(11-22)25-21(28)24-12-16-4-8-18(23)9-5-16/h2-9,19H,10-14H2,1H3,(H2,24,25,28). The highest BCUT2D eigenvalue weighted by Crippen LogP contribution is 2.48. The number of aryl methyl sites for hydroxylation is 1. The second-order valence-electron chi connectivity index (χ2n) is 8.09. The first-order valence-corrected chi connectivity index (χ1v) is 9.95. The molecule has 0 unspecified atom stereocenters. The molecule has 6 heteroatoms. The molecule has 0 bridgehead atoms. The predicted molar refractivity (Wildman–Crippen MR) is 109 cm³/mol. The van der Waals surface area contributed by atoms with Crippen LogP contribution >= 0.6 is 11.6 Å². The summed E-state index contributed by atoms with van der Waals surface area (Å²) in [4.78, 5) is 26.5. The molecule has 2 fully saturated rings. The van der Waals surface area contributed by atoms with Gasteiger partial charge in [0.05, 0.1) is 0 Å². The van der Waals surface area contributed by atoms with Gasteiger partial charge in [-0.2, -0.15) is 0 Å². The van der Waals surface area contributed by atoms with Crippen molar-refractivity contribution in [3.8, 4) is 0 Å². The molecule has 3 amide bonds. The molecule has 2 aliphatic rings. The number of carbonyl (C=O) groups excluding carboxylic acids is 2. The Bertz CT molecular complexity index is 866. The minimum Gasteiger partial charge on any atom is -0.337 e. The first kappa shape index (κ1) is 18.8. The number of urea groups is 1. The SMILES string of the molecule is Cc1ccc(C(=O)N2CC3(CC(NC(=O)NCc4ccc(Cl)cc4)C3)C2)cc1. The molecule has 0 atom stereocenters. The summed E-state index contributed by atoms with van der Waals surface area (Å²) < 4.78 is 0. The second-order valence-corrected chi connectivity index (χ2v) is 8.52. The Hall–Kier alpha value is -2.53. The van der Waals surface area contributed by atoms with Crippen molar-refractivity contribution in [2.75, 3.05) is 13.1 Å². The third kappa shape index (κ3) is 3.99. The maximum Gasteiger partial charge on any atom is 0.315 e. The van der Waals surface area contributed by atoms with Crippen molar-refractivity contribution in [1.29, 1.82) is 0 Å². The van der Waals surface area contributed by atoms with E-state index in [0.29, 0.717) is 11.6 Å². The van der Waals surface area contributed by atoms with Gasteiger partial charge in [0.2, 0.25) is 0 Å². The monoisotopic (exact) mass is 397 g/mol. The molecular formula is C22H24ClN3O2. The molecule has 2 N–H and O–H groups in total. The fourth-order valence-electron chi connectivity index (χ4n) is 4.15. The Labute approximate surface area is 170 Å².